The van der Waals surface area contributed by atoms with Gasteiger partial charge in [0, 0.05) is 18.1 Å². The van der Waals surface area contributed by atoms with Crippen LogP contribution in [0.1, 0.15) is 36.5 Å². The Bertz CT molecular complexity index is 763. The molecule has 6 heteroatoms. The minimum atomic E-state index is -0.170. The van der Waals surface area contributed by atoms with E-state index in [-0.39, 0.29) is 17.6 Å². The SMILES string of the molecule is CNC1(CNC(=O)N[C@@H](C)Cc2ccsc2)CCCc2cc(O)ccc2C1. The van der Waals surface area contributed by atoms with Crippen molar-refractivity contribution in [3.8, 4) is 5.75 Å². The molecule has 1 aliphatic rings. The van der Waals surface area contributed by atoms with E-state index in [9.17, 15) is 9.90 Å². The summed E-state index contributed by atoms with van der Waals surface area (Å²) in [6.45, 7) is 2.60. The Labute approximate surface area is 165 Å². The van der Waals surface area contributed by atoms with Crippen molar-refractivity contribution in [2.45, 2.75) is 50.6 Å². The van der Waals surface area contributed by atoms with Crippen LogP contribution in [0.3, 0.4) is 0 Å². The quantitative estimate of drug-likeness (QED) is 0.575. The molecule has 0 saturated heterocycles. The van der Waals surface area contributed by atoms with E-state index >= 15 is 0 Å². The van der Waals surface area contributed by atoms with Crippen LogP contribution < -0.4 is 16.0 Å². The number of benzene rings is 1. The van der Waals surface area contributed by atoms with Crippen molar-refractivity contribution in [2.24, 2.45) is 0 Å². The lowest BCUT2D eigenvalue weighted by Crippen LogP contribution is -2.55. The molecule has 1 unspecified atom stereocenters. The predicted molar refractivity (Wildman–Crippen MR) is 111 cm³/mol. The number of aromatic hydroxyl groups is 1. The Balaban J connectivity index is 1.57. The van der Waals surface area contributed by atoms with Crippen molar-refractivity contribution >= 4 is 17.4 Å². The van der Waals surface area contributed by atoms with Crippen molar-refractivity contribution in [3.63, 3.8) is 0 Å². The Morgan fingerprint density at radius 1 is 1.33 bits per heavy atom. The zero-order chi connectivity index (χ0) is 19.3. The first kappa shape index (κ1) is 19.7. The number of phenolic OH excluding ortho intramolecular Hbond substituents is 1. The van der Waals surface area contributed by atoms with Gasteiger partial charge in [0.1, 0.15) is 5.75 Å². The third-order valence-electron chi connectivity index (χ3n) is 5.44. The number of urea groups is 1. The van der Waals surface area contributed by atoms with Crippen LogP contribution in [0.25, 0.3) is 0 Å². The summed E-state index contributed by atoms with van der Waals surface area (Å²) in [5.41, 5.74) is 3.53. The maximum atomic E-state index is 12.4. The van der Waals surface area contributed by atoms with Gasteiger partial charge in [-0.15, -0.1) is 0 Å². The van der Waals surface area contributed by atoms with Gasteiger partial charge in [0.2, 0.25) is 0 Å². The second-order valence-electron chi connectivity index (χ2n) is 7.58. The van der Waals surface area contributed by atoms with E-state index in [0.717, 1.165) is 32.1 Å². The van der Waals surface area contributed by atoms with E-state index in [1.165, 1.54) is 16.7 Å². The largest absolute Gasteiger partial charge is 0.508 e. The number of amides is 2. The molecule has 4 N–H and O–H groups in total. The molecule has 3 rings (SSSR count). The molecule has 1 aromatic carbocycles. The number of likely N-dealkylation sites (N-methyl/N-ethyl adjacent to an activating group) is 1. The number of thiophene rings is 1. The Morgan fingerprint density at radius 2 is 2.19 bits per heavy atom. The first-order chi connectivity index (χ1) is 13.0. The first-order valence-electron chi connectivity index (χ1n) is 9.55. The van der Waals surface area contributed by atoms with Gasteiger partial charge in [-0.3, -0.25) is 0 Å². The number of fused-ring (bicyclic) bond motifs is 1. The normalized spacial score (nSPS) is 20.4. The standard InChI is InChI=1S/C21H29N3O2S/c1-15(10-16-7-9-27-13-16)24-20(26)23-14-21(22-2)8-3-4-17-11-19(25)6-5-18(17)12-21/h5-7,9,11,13,15,22,25H,3-4,8,10,12,14H2,1-2H3,(H2,23,24,26)/t15-,21?/m0/s1. The number of phenols is 1. The number of hydrogen-bond acceptors (Lipinski definition) is 4. The number of nitrogens with one attached hydrogen (secondary N) is 3. The molecule has 2 aromatic rings. The Hall–Kier alpha value is -2.05. The predicted octanol–water partition coefficient (Wildman–Crippen LogP) is 3.22. The van der Waals surface area contributed by atoms with E-state index in [1.807, 2.05) is 26.1 Å². The third-order valence-corrected chi connectivity index (χ3v) is 6.17. The summed E-state index contributed by atoms with van der Waals surface area (Å²) >= 11 is 1.68. The average Bonchev–Trinajstić information content (AvgIpc) is 3.07. The fraction of sp³-hybridized carbons (Fsp3) is 0.476. The molecule has 1 aliphatic carbocycles. The fourth-order valence-corrected chi connectivity index (χ4v) is 4.56. The number of carbonyl (C=O) groups excluding carboxylic acids is 1. The van der Waals surface area contributed by atoms with Crippen LogP contribution in [0, 0.1) is 0 Å². The zero-order valence-corrected chi connectivity index (χ0v) is 16.9. The lowest BCUT2D eigenvalue weighted by atomic mass is 9.88. The van der Waals surface area contributed by atoms with Crippen LogP contribution in [-0.4, -0.2) is 36.3 Å². The molecule has 0 bridgehead atoms. The van der Waals surface area contributed by atoms with Gasteiger partial charge in [0.05, 0.1) is 0 Å². The van der Waals surface area contributed by atoms with Crippen molar-refractivity contribution < 1.29 is 9.90 Å². The molecule has 0 fully saturated rings. The molecule has 0 saturated carbocycles. The number of rotatable bonds is 6. The van der Waals surface area contributed by atoms with Crippen LogP contribution >= 0.6 is 11.3 Å². The highest BCUT2D eigenvalue weighted by atomic mass is 32.1. The fourth-order valence-electron chi connectivity index (χ4n) is 3.88. The molecule has 0 spiro atoms. The molecular formula is C21H29N3O2S. The van der Waals surface area contributed by atoms with Crippen molar-refractivity contribution in [1.82, 2.24) is 16.0 Å². The zero-order valence-electron chi connectivity index (χ0n) is 16.0. The summed E-state index contributed by atoms with van der Waals surface area (Å²) in [4.78, 5) is 12.4. The lowest BCUT2D eigenvalue weighted by molar-refractivity contribution is 0.229. The van der Waals surface area contributed by atoms with Gasteiger partial charge >= 0.3 is 6.03 Å². The minimum Gasteiger partial charge on any atom is -0.508 e. The number of carbonyl (C=O) groups is 1. The number of aryl methyl sites for hydroxylation is 1. The summed E-state index contributed by atoms with van der Waals surface area (Å²) in [6, 6.07) is 7.68. The third kappa shape index (κ3) is 5.23. The molecular weight excluding hydrogens is 358 g/mol. The van der Waals surface area contributed by atoms with Crippen molar-refractivity contribution in [3.05, 3.63) is 51.7 Å². The van der Waals surface area contributed by atoms with Crippen molar-refractivity contribution in [1.29, 1.82) is 0 Å². The molecule has 2 amide bonds. The summed E-state index contributed by atoms with van der Waals surface area (Å²) in [5, 5.41) is 23.5. The van der Waals surface area contributed by atoms with Gasteiger partial charge < -0.3 is 21.1 Å². The molecule has 0 radical (unpaired) electrons. The van der Waals surface area contributed by atoms with Crippen LogP contribution in [0.4, 0.5) is 4.79 Å². The van der Waals surface area contributed by atoms with Gasteiger partial charge in [0.15, 0.2) is 0 Å². The topological polar surface area (TPSA) is 73.4 Å². The van der Waals surface area contributed by atoms with E-state index in [2.05, 4.69) is 32.8 Å². The van der Waals surface area contributed by atoms with Gasteiger partial charge in [0.25, 0.3) is 0 Å². The molecule has 146 valence electrons. The minimum absolute atomic E-state index is 0.0861. The first-order valence-corrected chi connectivity index (χ1v) is 10.5. The highest BCUT2D eigenvalue weighted by molar-refractivity contribution is 7.07. The van der Waals surface area contributed by atoms with E-state index < -0.39 is 0 Å². The second kappa shape index (κ2) is 8.76. The lowest BCUT2D eigenvalue weighted by Gasteiger charge is -2.33. The van der Waals surface area contributed by atoms with E-state index in [4.69, 9.17) is 0 Å². The number of hydrogen-bond donors (Lipinski definition) is 4. The summed E-state index contributed by atoms with van der Waals surface area (Å²) in [7, 11) is 1.96. The molecule has 2 atom stereocenters. The van der Waals surface area contributed by atoms with Crippen LogP contribution in [0.2, 0.25) is 0 Å². The smallest absolute Gasteiger partial charge is 0.315 e. The molecule has 0 aliphatic heterocycles. The highest BCUT2D eigenvalue weighted by Gasteiger charge is 2.32. The van der Waals surface area contributed by atoms with Crippen LogP contribution in [-0.2, 0) is 19.3 Å². The van der Waals surface area contributed by atoms with E-state index in [1.54, 1.807) is 17.4 Å². The molecule has 27 heavy (non-hydrogen) atoms. The molecule has 1 aromatic heterocycles. The summed E-state index contributed by atoms with van der Waals surface area (Å²) in [5.74, 6) is 0.322. The van der Waals surface area contributed by atoms with Crippen LogP contribution in [0.5, 0.6) is 5.75 Å². The summed E-state index contributed by atoms with van der Waals surface area (Å²) in [6.07, 6.45) is 4.63. The Kier molecular flexibility index (Phi) is 6.39. The second-order valence-corrected chi connectivity index (χ2v) is 8.36. The van der Waals surface area contributed by atoms with Gasteiger partial charge in [-0.2, -0.15) is 11.3 Å². The van der Waals surface area contributed by atoms with Crippen molar-refractivity contribution in [2.75, 3.05) is 13.6 Å². The monoisotopic (exact) mass is 387 g/mol. The van der Waals surface area contributed by atoms with Gasteiger partial charge in [-0.25, -0.2) is 4.79 Å². The highest BCUT2D eigenvalue weighted by Crippen LogP contribution is 2.29. The van der Waals surface area contributed by atoms with Crippen LogP contribution in [0.15, 0.2) is 35.0 Å². The maximum Gasteiger partial charge on any atom is 0.315 e. The Morgan fingerprint density at radius 3 is 2.93 bits per heavy atom. The molecule has 1 heterocycles. The van der Waals surface area contributed by atoms with Gasteiger partial charge in [-0.05, 0) is 91.7 Å². The molecule has 5 nitrogen and oxygen atoms in total. The van der Waals surface area contributed by atoms with E-state index in [0.29, 0.717) is 12.3 Å². The average molecular weight is 388 g/mol. The summed E-state index contributed by atoms with van der Waals surface area (Å²) < 4.78 is 0. The maximum absolute atomic E-state index is 12.4. The van der Waals surface area contributed by atoms with Gasteiger partial charge in [-0.1, -0.05) is 6.07 Å².